The highest BCUT2D eigenvalue weighted by atomic mass is 16.6. The lowest BCUT2D eigenvalue weighted by Crippen LogP contribution is -2.46. The first-order valence-electron chi connectivity index (χ1n) is 5.83. The van der Waals surface area contributed by atoms with Crippen LogP contribution < -0.4 is 5.32 Å². The number of rotatable bonds is 6. The molecule has 0 aromatic rings. The van der Waals surface area contributed by atoms with E-state index < -0.39 is 11.6 Å². The molecular weight excluding hydrogens is 222 g/mol. The number of amides is 1. The van der Waals surface area contributed by atoms with Crippen molar-refractivity contribution in [1.29, 1.82) is 0 Å². The zero-order chi connectivity index (χ0) is 12.9. The second-order valence-electron chi connectivity index (χ2n) is 4.01. The van der Waals surface area contributed by atoms with Crippen molar-refractivity contribution in [2.24, 2.45) is 5.92 Å². The third-order valence-corrected chi connectivity index (χ3v) is 2.90. The van der Waals surface area contributed by atoms with Crippen molar-refractivity contribution in [2.75, 3.05) is 13.2 Å². The molecule has 1 N–H and O–H groups in total. The highest BCUT2D eigenvalue weighted by molar-refractivity contribution is 5.89. The second-order valence-corrected chi connectivity index (χ2v) is 4.01. The minimum atomic E-state index is -0.872. The molecule has 0 unspecified atom stereocenters. The quantitative estimate of drug-likeness (QED) is 0.567. The van der Waals surface area contributed by atoms with Crippen LogP contribution in [-0.4, -0.2) is 30.8 Å². The first-order chi connectivity index (χ1) is 8.10. The van der Waals surface area contributed by atoms with Crippen molar-refractivity contribution in [3.63, 3.8) is 0 Å². The van der Waals surface area contributed by atoms with Gasteiger partial charge in [-0.15, -0.1) is 0 Å². The molecule has 96 valence electrons. The van der Waals surface area contributed by atoms with E-state index in [0.717, 1.165) is 6.42 Å². The summed E-state index contributed by atoms with van der Waals surface area (Å²) in [4.78, 5) is 23.2. The summed E-state index contributed by atoms with van der Waals surface area (Å²) in [6.07, 6.45) is 2.31. The number of ether oxygens (including phenoxy) is 2. The number of alkyl carbamates (subject to hydrolysis) is 1. The monoisotopic (exact) mass is 241 g/mol. The predicted octanol–water partition coefficient (Wildman–Crippen LogP) is 1.63. The molecule has 5 nitrogen and oxygen atoms in total. The van der Waals surface area contributed by atoms with Gasteiger partial charge in [-0.3, -0.25) is 0 Å². The topological polar surface area (TPSA) is 64.6 Å². The van der Waals surface area contributed by atoms with Crippen LogP contribution >= 0.6 is 0 Å². The summed E-state index contributed by atoms with van der Waals surface area (Å²) in [5.74, 6) is -0.236. The predicted molar refractivity (Wildman–Crippen MR) is 62.4 cm³/mol. The van der Waals surface area contributed by atoms with Crippen molar-refractivity contribution in [3.8, 4) is 0 Å². The summed E-state index contributed by atoms with van der Waals surface area (Å²) in [6, 6.07) is 0. The average Bonchev–Trinajstić information content (AvgIpc) is 3.01. The van der Waals surface area contributed by atoms with Crippen LogP contribution in [0.25, 0.3) is 0 Å². The third-order valence-electron chi connectivity index (χ3n) is 2.90. The standard InChI is InChI=1S/C12H19NO4/c1-4-7-17-11(15)13-12(8-9(12)5-2)10(14)16-6-3/h4,9H,1,5-8H2,2-3H3,(H,13,15)/t9-,12-/m1/s1. The van der Waals surface area contributed by atoms with Crippen molar-refractivity contribution in [3.05, 3.63) is 12.7 Å². The van der Waals surface area contributed by atoms with E-state index in [9.17, 15) is 9.59 Å². The molecule has 1 saturated carbocycles. The molecule has 1 fully saturated rings. The fraction of sp³-hybridized carbons (Fsp3) is 0.667. The van der Waals surface area contributed by atoms with E-state index in [-0.39, 0.29) is 18.5 Å². The molecule has 0 bridgehead atoms. The van der Waals surface area contributed by atoms with Crippen LogP contribution in [0, 0.1) is 5.92 Å². The molecule has 0 heterocycles. The van der Waals surface area contributed by atoms with Crippen LogP contribution in [-0.2, 0) is 14.3 Å². The maximum absolute atomic E-state index is 11.8. The summed E-state index contributed by atoms with van der Waals surface area (Å²) in [6.45, 7) is 7.59. The first kappa shape index (κ1) is 13.5. The van der Waals surface area contributed by atoms with Crippen molar-refractivity contribution < 1.29 is 19.1 Å². The molecule has 0 aliphatic heterocycles. The van der Waals surface area contributed by atoms with Gasteiger partial charge in [-0.05, 0) is 19.3 Å². The number of esters is 1. The molecule has 0 aromatic heterocycles. The van der Waals surface area contributed by atoms with Gasteiger partial charge in [0.2, 0.25) is 0 Å². The number of hydrogen-bond donors (Lipinski definition) is 1. The smallest absolute Gasteiger partial charge is 0.408 e. The Bertz CT molecular complexity index is 316. The maximum atomic E-state index is 11.8. The molecule has 1 amide bonds. The van der Waals surface area contributed by atoms with Gasteiger partial charge < -0.3 is 14.8 Å². The Morgan fingerprint density at radius 2 is 2.18 bits per heavy atom. The molecule has 17 heavy (non-hydrogen) atoms. The van der Waals surface area contributed by atoms with E-state index in [0.29, 0.717) is 13.0 Å². The number of carbonyl (C=O) groups is 2. The van der Waals surface area contributed by atoms with Gasteiger partial charge >= 0.3 is 12.1 Å². The van der Waals surface area contributed by atoms with Crippen molar-refractivity contribution in [1.82, 2.24) is 5.32 Å². The molecule has 0 radical (unpaired) electrons. The van der Waals surface area contributed by atoms with Gasteiger partial charge in [0.15, 0.2) is 0 Å². The van der Waals surface area contributed by atoms with Gasteiger partial charge in [0, 0.05) is 0 Å². The Hall–Kier alpha value is -1.52. The minimum absolute atomic E-state index is 0.127. The van der Waals surface area contributed by atoms with Crippen LogP contribution in [0.15, 0.2) is 12.7 Å². The summed E-state index contributed by atoms with van der Waals surface area (Å²) >= 11 is 0. The summed E-state index contributed by atoms with van der Waals surface area (Å²) < 4.78 is 9.79. The van der Waals surface area contributed by atoms with Crippen LogP contribution in [0.1, 0.15) is 26.7 Å². The Morgan fingerprint density at radius 1 is 1.47 bits per heavy atom. The SMILES string of the molecule is C=CCOC(=O)N[C@]1(C(=O)OCC)C[C@H]1CC. The van der Waals surface area contributed by atoms with E-state index >= 15 is 0 Å². The van der Waals surface area contributed by atoms with Gasteiger partial charge in [0.25, 0.3) is 0 Å². The Labute approximate surface area is 101 Å². The lowest BCUT2D eigenvalue weighted by atomic mass is 10.2. The van der Waals surface area contributed by atoms with E-state index in [1.54, 1.807) is 6.92 Å². The zero-order valence-electron chi connectivity index (χ0n) is 10.3. The van der Waals surface area contributed by atoms with Gasteiger partial charge in [0.05, 0.1) is 6.61 Å². The second kappa shape index (κ2) is 5.70. The van der Waals surface area contributed by atoms with E-state index in [1.165, 1.54) is 6.08 Å². The Balaban J connectivity index is 2.58. The van der Waals surface area contributed by atoms with Gasteiger partial charge in [0.1, 0.15) is 12.1 Å². The molecular formula is C12H19NO4. The number of carbonyl (C=O) groups excluding carboxylic acids is 2. The van der Waals surface area contributed by atoms with Gasteiger partial charge in [-0.1, -0.05) is 26.0 Å². The Kier molecular flexibility index (Phi) is 4.54. The molecule has 5 heteroatoms. The summed E-state index contributed by atoms with van der Waals surface area (Å²) in [5.41, 5.74) is -0.872. The average molecular weight is 241 g/mol. The van der Waals surface area contributed by atoms with Gasteiger partial charge in [-0.25, -0.2) is 9.59 Å². The summed E-state index contributed by atoms with van der Waals surface area (Å²) in [7, 11) is 0. The molecule has 1 aliphatic rings. The number of hydrogen-bond acceptors (Lipinski definition) is 4. The summed E-state index contributed by atoms with van der Waals surface area (Å²) in [5, 5.41) is 2.60. The molecule has 2 atom stereocenters. The molecule has 1 aliphatic carbocycles. The van der Waals surface area contributed by atoms with Gasteiger partial charge in [-0.2, -0.15) is 0 Å². The van der Waals surface area contributed by atoms with E-state index in [2.05, 4.69) is 11.9 Å². The van der Waals surface area contributed by atoms with E-state index in [4.69, 9.17) is 9.47 Å². The molecule has 0 aromatic carbocycles. The third kappa shape index (κ3) is 2.99. The lowest BCUT2D eigenvalue weighted by Gasteiger charge is -2.17. The maximum Gasteiger partial charge on any atom is 0.408 e. The van der Waals surface area contributed by atoms with E-state index in [1.807, 2.05) is 6.92 Å². The molecule has 0 saturated heterocycles. The fourth-order valence-corrected chi connectivity index (χ4v) is 1.89. The Morgan fingerprint density at radius 3 is 2.65 bits per heavy atom. The highest BCUT2D eigenvalue weighted by Gasteiger charge is 2.61. The fourth-order valence-electron chi connectivity index (χ4n) is 1.89. The normalized spacial score (nSPS) is 25.9. The highest BCUT2D eigenvalue weighted by Crippen LogP contribution is 2.46. The lowest BCUT2D eigenvalue weighted by molar-refractivity contribution is -0.147. The van der Waals surface area contributed by atoms with Crippen LogP contribution in [0.4, 0.5) is 4.79 Å². The molecule has 0 spiro atoms. The van der Waals surface area contributed by atoms with Crippen LogP contribution in [0.3, 0.4) is 0 Å². The van der Waals surface area contributed by atoms with Crippen LogP contribution in [0.5, 0.6) is 0 Å². The van der Waals surface area contributed by atoms with Crippen LogP contribution in [0.2, 0.25) is 0 Å². The van der Waals surface area contributed by atoms with Crippen molar-refractivity contribution >= 4 is 12.1 Å². The first-order valence-corrected chi connectivity index (χ1v) is 5.83. The minimum Gasteiger partial charge on any atom is -0.464 e. The van der Waals surface area contributed by atoms with Crippen molar-refractivity contribution in [2.45, 2.75) is 32.2 Å². The largest absolute Gasteiger partial charge is 0.464 e. The zero-order valence-corrected chi connectivity index (χ0v) is 10.3. The molecule has 1 rings (SSSR count). The number of nitrogens with one attached hydrogen (secondary N) is 1.